The Kier molecular flexibility index (Phi) is 4.16. The van der Waals surface area contributed by atoms with Gasteiger partial charge in [-0.3, -0.25) is 4.79 Å². The maximum absolute atomic E-state index is 13.6. The van der Waals surface area contributed by atoms with Crippen molar-refractivity contribution in [2.75, 3.05) is 5.32 Å². The van der Waals surface area contributed by atoms with E-state index >= 15 is 0 Å². The van der Waals surface area contributed by atoms with Crippen LogP contribution in [0.5, 0.6) is 0 Å². The van der Waals surface area contributed by atoms with Gasteiger partial charge in [-0.15, -0.1) is 0 Å². The number of hydrogen-bond acceptors (Lipinski definition) is 2. The molecule has 2 aromatic carbocycles. The van der Waals surface area contributed by atoms with Gasteiger partial charge in [0.15, 0.2) is 0 Å². The van der Waals surface area contributed by atoms with Gasteiger partial charge in [0.1, 0.15) is 5.82 Å². The summed E-state index contributed by atoms with van der Waals surface area (Å²) < 4.78 is 14.4. The van der Waals surface area contributed by atoms with E-state index in [2.05, 4.69) is 21.2 Å². The fourth-order valence-corrected chi connectivity index (χ4v) is 2.10. The highest BCUT2D eigenvalue weighted by Gasteiger charge is 2.11. The zero-order chi connectivity index (χ0) is 14.7. The molecule has 0 unspecified atom stereocenters. The van der Waals surface area contributed by atoms with E-state index in [0.717, 1.165) is 10.5 Å². The normalized spacial score (nSPS) is 9.90. The quantitative estimate of drug-likeness (QED) is 0.902. The zero-order valence-electron chi connectivity index (χ0n) is 10.6. The molecule has 20 heavy (non-hydrogen) atoms. The van der Waals surface area contributed by atoms with E-state index in [1.54, 1.807) is 31.2 Å². The molecule has 0 fully saturated rings. The van der Waals surface area contributed by atoms with E-state index in [0.29, 0.717) is 16.8 Å². The lowest BCUT2D eigenvalue weighted by Crippen LogP contribution is -2.13. The van der Waals surface area contributed by atoms with Gasteiger partial charge in [0.05, 0.1) is 11.6 Å². The van der Waals surface area contributed by atoms with Crippen molar-refractivity contribution in [1.29, 1.82) is 5.26 Å². The average molecular weight is 333 g/mol. The summed E-state index contributed by atoms with van der Waals surface area (Å²) in [5.74, 6) is -0.877. The van der Waals surface area contributed by atoms with E-state index in [4.69, 9.17) is 5.26 Å². The molecular formula is C15H10BrFN2O. The Labute approximate surface area is 124 Å². The van der Waals surface area contributed by atoms with Crippen LogP contribution in [0.25, 0.3) is 0 Å². The minimum atomic E-state index is -0.520. The standard InChI is InChI=1S/C15H10BrFN2O/c1-9-13(17)5-10(8-18)6-14(9)19-15(20)11-3-2-4-12(16)7-11/h2-7H,1H3,(H,19,20). The van der Waals surface area contributed by atoms with E-state index in [9.17, 15) is 9.18 Å². The van der Waals surface area contributed by atoms with E-state index in [1.165, 1.54) is 6.07 Å². The predicted octanol–water partition coefficient (Wildman–Crippen LogP) is 4.02. The summed E-state index contributed by atoms with van der Waals surface area (Å²) in [6.45, 7) is 1.55. The van der Waals surface area contributed by atoms with Crippen LogP contribution in [0.4, 0.5) is 10.1 Å². The number of hydrogen-bond donors (Lipinski definition) is 1. The lowest BCUT2D eigenvalue weighted by Gasteiger charge is -2.10. The Bertz CT molecular complexity index is 722. The molecule has 0 bridgehead atoms. The van der Waals surface area contributed by atoms with Crippen LogP contribution >= 0.6 is 15.9 Å². The van der Waals surface area contributed by atoms with Gasteiger partial charge in [-0.2, -0.15) is 5.26 Å². The molecule has 0 saturated carbocycles. The number of nitrogens with one attached hydrogen (secondary N) is 1. The summed E-state index contributed by atoms with van der Waals surface area (Å²) >= 11 is 3.28. The van der Waals surface area contributed by atoms with Gasteiger partial charge in [-0.05, 0) is 37.3 Å². The molecule has 1 N–H and O–H groups in total. The molecule has 100 valence electrons. The van der Waals surface area contributed by atoms with E-state index < -0.39 is 5.82 Å². The minimum Gasteiger partial charge on any atom is -0.322 e. The van der Waals surface area contributed by atoms with Crippen LogP contribution in [-0.2, 0) is 0 Å². The lowest BCUT2D eigenvalue weighted by molar-refractivity contribution is 0.102. The monoisotopic (exact) mass is 332 g/mol. The molecule has 0 aliphatic rings. The Balaban J connectivity index is 2.33. The Morgan fingerprint density at radius 1 is 1.35 bits per heavy atom. The Morgan fingerprint density at radius 2 is 2.10 bits per heavy atom. The van der Waals surface area contributed by atoms with Crippen LogP contribution in [0.1, 0.15) is 21.5 Å². The summed E-state index contributed by atoms with van der Waals surface area (Å²) in [6.07, 6.45) is 0. The van der Waals surface area contributed by atoms with Crippen molar-refractivity contribution in [3.8, 4) is 6.07 Å². The van der Waals surface area contributed by atoms with Crippen LogP contribution in [0.3, 0.4) is 0 Å². The van der Waals surface area contributed by atoms with Crippen LogP contribution in [0, 0.1) is 24.1 Å². The van der Waals surface area contributed by atoms with Crippen LogP contribution in [-0.4, -0.2) is 5.91 Å². The first kappa shape index (κ1) is 14.2. The Morgan fingerprint density at radius 3 is 2.75 bits per heavy atom. The summed E-state index contributed by atoms with van der Waals surface area (Å²) in [5.41, 5.74) is 1.21. The third-order valence-corrected chi connectivity index (χ3v) is 3.30. The molecule has 5 heteroatoms. The van der Waals surface area contributed by atoms with Crippen molar-refractivity contribution < 1.29 is 9.18 Å². The number of nitriles is 1. The number of benzene rings is 2. The largest absolute Gasteiger partial charge is 0.322 e. The topological polar surface area (TPSA) is 52.9 Å². The molecule has 2 rings (SSSR count). The van der Waals surface area contributed by atoms with Crippen molar-refractivity contribution in [3.63, 3.8) is 0 Å². The summed E-state index contributed by atoms with van der Waals surface area (Å²) in [4.78, 5) is 12.1. The molecule has 0 radical (unpaired) electrons. The number of carbonyl (C=O) groups excluding carboxylic acids is 1. The van der Waals surface area contributed by atoms with Gasteiger partial charge >= 0.3 is 0 Å². The number of rotatable bonds is 2. The number of amides is 1. The van der Waals surface area contributed by atoms with Crippen molar-refractivity contribution in [1.82, 2.24) is 0 Å². The molecular weight excluding hydrogens is 323 g/mol. The predicted molar refractivity (Wildman–Crippen MR) is 77.9 cm³/mol. The molecule has 0 saturated heterocycles. The second-order valence-corrected chi connectivity index (χ2v) is 5.12. The maximum Gasteiger partial charge on any atom is 0.255 e. The van der Waals surface area contributed by atoms with Gasteiger partial charge in [0, 0.05) is 21.3 Å². The highest BCUT2D eigenvalue weighted by molar-refractivity contribution is 9.10. The second-order valence-electron chi connectivity index (χ2n) is 4.21. The molecule has 0 spiro atoms. The smallest absolute Gasteiger partial charge is 0.255 e. The van der Waals surface area contributed by atoms with Gasteiger partial charge in [0.2, 0.25) is 0 Å². The summed E-state index contributed by atoms with van der Waals surface area (Å²) in [6, 6.07) is 11.3. The van der Waals surface area contributed by atoms with Crippen molar-refractivity contribution in [2.24, 2.45) is 0 Å². The van der Waals surface area contributed by atoms with Gasteiger partial charge < -0.3 is 5.32 Å². The molecule has 0 heterocycles. The maximum atomic E-state index is 13.6. The van der Waals surface area contributed by atoms with Gasteiger partial charge in [-0.1, -0.05) is 22.0 Å². The zero-order valence-corrected chi connectivity index (χ0v) is 12.2. The number of nitrogens with zero attached hydrogens (tertiary/aromatic N) is 1. The second kappa shape index (κ2) is 5.85. The van der Waals surface area contributed by atoms with E-state index in [-0.39, 0.29) is 11.5 Å². The summed E-state index contributed by atoms with van der Waals surface area (Å²) in [5, 5.41) is 11.4. The van der Waals surface area contributed by atoms with Crippen LogP contribution < -0.4 is 5.32 Å². The van der Waals surface area contributed by atoms with Crippen molar-refractivity contribution >= 4 is 27.5 Å². The first-order chi connectivity index (χ1) is 9.51. The highest BCUT2D eigenvalue weighted by atomic mass is 79.9. The fourth-order valence-electron chi connectivity index (χ4n) is 1.70. The molecule has 0 aromatic heterocycles. The third-order valence-electron chi connectivity index (χ3n) is 2.81. The van der Waals surface area contributed by atoms with Crippen molar-refractivity contribution in [2.45, 2.75) is 6.92 Å². The molecule has 2 aromatic rings. The third kappa shape index (κ3) is 3.03. The molecule has 0 atom stereocenters. The first-order valence-electron chi connectivity index (χ1n) is 5.78. The van der Waals surface area contributed by atoms with Crippen LogP contribution in [0.15, 0.2) is 40.9 Å². The van der Waals surface area contributed by atoms with Gasteiger partial charge in [-0.25, -0.2) is 4.39 Å². The number of carbonyl (C=O) groups is 1. The molecule has 3 nitrogen and oxygen atoms in total. The van der Waals surface area contributed by atoms with Crippen molar-refractivity contribution in [3.05, 3.63) is 63.4 Å². The number of anilines is 1. The first-order valence-corrected chi connectivity index (χ1v) is 6.57. The van der Waals surface area contributed by atoms with Crippen LogP contribution in [0.2, 0.25) is 0 Å². The minimum absolute atomic E-state index is 0.164. The molecule has 1 amide bonds. The van der Waals surface area contributed by atoms with E-state index in [1.807, 2.05) is 6.07 Å². The SMILES string of the molecule is Cc1c(F)cc(C#N)cc1NC(=O)c1cccc(Br)c1. The summed E-state index contributed by atoms with van der Waals surface area (Å²) in [7, 11) is 0. The Hall–Kier alpha value is -2.19. The highest BCUT2D eigenvalue weighted by Crippen LogP contribution is 2.21. The van der Waals surface area contributed by atoms with Gasteiger partial charge in [0.25, 0.3) is 5.91 Å². The molecule has 0 aliphatic carbocycles. The number of halogens is 2. The fraction of sp³-hybridized carbons (Fsp3) is 0.0667. The average Bonchev–Trinajstić information content (AvgIpc) is 2.43. The molecule has 0 aliphatic heterocycles. The lowest BCUT2D eigenvalue weighted by atomic mass is 10.1.